The monoisotopic (exact) mass is 523 g/mol. The summed E-state index contributed by atoms with van der Waals surface area (Å²) in [5.41, 5.74) is 4.36. The van der Waals surface area contributed by atoms with Crippen LogP contribution in [0.5, 0.6) is 0 Å². The number of amides is 2. The molecule has 1 aliphatic rings. The number of H-pyrrole nitrogens is 1. The molecule has 9 nitrogen and oxygen atoms in total. The van der Waals surface area contributed by atoms with Gasteiger partial charge in [0.1, 0.15) is 11.5 Å². The first-order valence-corrected chi connectivity index (χ1v) is 12.0. The van der Waals surface area contributed by atoms with Crippen LogP contribution in [0.1, 0.15) is 32.4 Å². The predicted molar refractivity (Wildman–Crippen MR) is 145 cm³/mol. The van der Waals surface area contributed by atoms with Crippen LogP contribution in [0.25, 0.3) is 22.0 Å². The molecule has 0 atom stereocenters. The van der Waals surface area contributed by atoms with Crippen molar-refractivity contribution in [3.05, 3.63) is 71.3 Å². The van der Waals surface area contributed by atoms with Gasteiger partial charge in [0, 0.05) is 37.3 Å². The van der Waals surface area contributed by atoms with Crippen molar-refractivity contribution in [1.29, 1.82) is 0 Å². The van der Waals surface area contributed by atoms with Crippen LogP contribution in [0, 0.1) is 13.8 Å². The number of aryl methyl sites for hydroxylation is 2. The first-order valence-electron chi connectivity index (χ1n) is 12.0. The minimum absolute atomic E-state index is 0. The van der Waals surface area contributed by atoms with E-state index in [0.29, 0.717) is 35.0 Å². The Morgan fingerprint density at radius 1 is 1.00 bits per heavy atom. The van der Waals surface area contributed by atoms with Gasteiger partial charge in [0.2, 0.25) is 0 Å². The van der Waals surface area contributed by atoms with Crippen molar-refractivity contribution in [2.75, 3.05) is 44.7 Å². The average Bonchev–Trinajstić information content (AvgIpc) is 3.47. The predicted octanol–water partition coefficient (Wildman–Crippen LogP) is 4.18. The molecule has 0 saturated carbocycles. The van der Waals surface area contributed by atoms with Crippen LogP contribution >= 0.6 is 12.4 Å². The van der Waals surface area contributed by atoms with Crippen molar-refractivity contribution < 1.29 is 18.7 Å². The molecule has 3 N–H and O–H groups in total. The summed E-state index contributed by atoms with van der Waals surface area (Å²) in [5.74, 6) is 0.910. The zero-order valence-corrected chi connectivity index (χ0v) is 21.6. The van der Waals surface area contributed by atoms with Crippen molar-refractivity contribution >= 4 is 40.8 Å². The third-order valence-corrected chi connectivity index (χ3v) is 6.36. The summed E-state index contributed by atoms with van der Waals surface area (Å²) in [6, 6.07) is 15.2. The molecule has 0 spiro atoms. The molecule has 0 radical (unpaired) electrons. The van der Waals surface area contributed by atoms with Crippen molar-refractivity contribution in [3.63, 3.8) is 0 Å². The van der Waals surface area contributed by atoms with Crippen LogP contribution in [0.15, 0.2) is 52.9 Å². The Morgan fingerprint density at radius 3 is 2.43 bits per heavy atom. The normalized spacial score (nSPS) is 13.8. The van der Waals surface area contributed by atoms with Gasteiger partial charge in [-0.25, -0.2) is 0 Å². The molecule has 1 aliphatic heterocycles. The van der Waals surface area contributed by atoms with Gasteiger partial charge < -0.3 is 19.8 Å². The van der Waals surface area contributed by atoms with Gasteiger partial charge in [0.05, 0.1) is 24.3 Å². The topological polar surface area (TPSA) is 112 Å². The Labute approximate surface area is 221 Å². The van der Waals surface area contributed by atoms with Crippen LogP contribution in [-0.4, -0.2) is 66.3 Å². The molecule has 4 aromatic rings. The van der Waals surface area contributed by atoms with Crippen molar-refractivity contribution in [1.82, 2.24) is 20.4 Å². The van der Waals surface area contributed by atoms with Gasteiger partial charge >= 0.3 is 0 Å². The first kappa shape index (κ1) is 26.4. The number of aromatic amines is 1. The summed E-state index contributed by atoms with van der Waals surface area (Å²) in [6.45, 7) is 8.20. The zero-order chi connectivity index (χ0) is 25.1. The highest BCUT2D eigenvalue weighted by Gasteiger charge is 2.16. The molecule has 2 aromatic carbocycles. The fourth-order valence-corrected chi connectivity index (χ4v) is 4.41. The molecule has 3 heterocycles. The van der Waals surface area contributed by atoms with Crippen LogP contribution < -0.4 is 10.6 Å². The summed E-state index contributed by atoms with van der Waals surface area (Å²) >= 11 is 0. The molecule has 37 heavy (non-hydrogen) atoms. The second-order valence-electron chi connectivity index (χ2n) is 8.90. The van der Waals surface area contributed by atoms with Crippen LogP contribution in [0.2, 0.25) is 0 Å². The Balaban J connectivity index is 0.00000320. The van der Waals surface area contributed by atoms with Gasteiger partial charge in [0.25, 0.3) is 11.8 Å². The lowest BCUT2D eigenvalue weighted by atomic mass is 10.0. The Morgan fingerprint density at radius 2 is 1.73 bits per heavy atom. The highest BCUT2D eigenvalue weighted by molar-refractivity contribution is 6.06. The third kappa shape index (κ3) is 6.02. The van der Waals surface area contributed by atoms with E-state index < -0.39 is 0 Å². The Kier molecular flexibility index (Phi) is 8.27. The van der Waals surface area contributed by atoms with Crippen molar-refractivity contribution in [3.8, 4) is 11.1 Å². The lowest BCUT2D eigenvalue weighted by Gasteiger charge is -2.26. The molecule has 194 valence electrons. The second kappa shape index (κ2) is 11.6. The van der Waals surface area contributed by atoms with Gasteiger partial charge in [-0.05, 0) is 55.3 Å². The van der Waals surface area contributed by atoms with Gasteiger partial charge in [0.15, 0.2) is 5.69 Å². The molecule has 1 fully saturated rings. The van der Waals surface area contributed by atoms with Gasteiger partial charge in [-0.2, -0.15) is 5.10 Å². The number of nitrogens with zero attached hydrogens (tertiary/aromatic N) is 2. The lowest BCUT2D eigenvalue weighted by Crippen LogP contribution is -2.41. The van der Waals surface area contributed by atoms with E-state index in [-0.39, 0.29) is 24.2 Å². The number of hydrogen-bond acceptors (Lipinski definition) is 6. The molecule has 2 amide bonds. The minimum atomic E-state index is -0.202. The number of carbonyl (C=O) groups is 2. The SMILES string of the molecule is Cc1cc(C(=O)Nc2ccc(-c3ccc4c(C(=O)NCCN5CCOCC5)n[nH]c4c3)cc2)c(C)o1.Cl. The molecule has 2 aromatic heterocycles. The molecule has 0 aliphatic carbocycles. The molecule has 5 rings (SSSR count). The zero-order valence-electron chi connectivity index (χ0n) is 20.8. The number of hydrogen-bond donors (Lipinski definition) is 3. The number of nitrogens with one attached hydrogen (secondary N) is 3. The van der Waals surface area contributed by atoms with Gasteiger partial charge in [-0.1, -0.05) is 18.2 Å². The average molecular weight is 524 g/mol. The molecule has 10 heteroatoms. The smallest absolute Gasteiger partial charge is 0.272 e. The third-order valence-electron chi connectivity index (χ3n) is 6.36. The largest absolute Gasteiger partial charge is 0.466 e. The van der Waals surface area contributed by atoms with E-state index in [4.69, 9.17) is 9.15 Å². The number of ether oxygens (including phenoxy) is 1. The molecular weight excluding hydrogens is 494 g/mol. The van der Waals surface area contributed by atoms with Gasteiger partial charge in [-0.3, -0.25) is 19.6 Å². The number of anilines is 1. The quantitative estimate of drug-likeness (QED) is 0.335. The Bertz CT molecular complexity index is 1390. The summed E-state index contributed by atoms with van der Waals surface area (Å²) in [7, 11) is 0. The number of carbonyl (C=O) groups excluding carboxylic acids is 2. The highest BCUT2D eigenvalue weighted by Crippen LogP contribution is 2.26. The van der Waals surface area contributed by atoms with Crippen LogP contribution in [0.3, 0.4) is 0 Å². The fourth-order valence-electron chi connectivity index (χ4n) is 4.41. The maximum absolute atomic E-state index is 12.7. The summed E-state index contributed by atoms with van der Waals surface area (Å²) in [6.07, 6.45) is 0. The van der Waals surface area contributed by atoms with Gasteiger partial charge in [-0.15, -0.1) is 12.4 Å². The summed E-state index contributed by atoms with van der Waals surface area (Å²) in [4.78, 5) is 27.5. The maximum atomic E-state index is 12.7. The van der Waals surface area contributed by atoms with Crippen LogP contribution in [-0.2, 0) is 4.74 Å². The summed E-state index contributed by atoms with van der Waals surface area (Å²) in [5, 5.41) is 13.9. The molecule has 0 bridgehead atoms. The molecule has 1 saturated heterocycles. The number of morpholine rings is 1. The Hall–Kier alpha value is -3.66. The first-order chi connectivity index (χ1) is 17.5. The highest BCUT2D eigenvalue weighted by atomic mass is 35.5. The number of aromatic nitrogens is 2. The van der Waals surface area contributed by atoms with Crippen LogP contribution in [0.4, 0.5) is 5.69 Å². The summed E-state index contributed by atoms with van der Waals surface area (Å²) < 4.78 is 10.8. The fraction of sp³-hybridized carbons (Fsp3) is 0.296. The van der Waals surface area contributed by atoms with E-state index in [1.54, 1.807) is 13.0 Å². The lowest BCUT2D eigenvalue weighted by molar-refractivity contribution is 0.0383. The second-order valence-corrected chi connectivity index (χ2v) is 8.90. The molecular formula is C27H30ClN5O4. The van der Waals surface area contributed by atoms with E-state index in [1.165, 1.54) is 0 Å². The van der Waals surface area contributed by atoms with E-state index >= 15 is 0 Å². The van der Waals surface area contributed by atoms with E-state index in [2.05, 4.69) is 25.7 Å². The minimum Gasteiger partial charge on any atom is -0.466 e. The standard InChI is InChI=1S/C27H29N5O4.ClH/c1-17-15-23(18(2)36-17)26(33)29-21-6-3-19(4-7-21)20-5-8-22-24(16-20)30-31-25(22)27(34)28-9-10-32-11-13-35-14-12-32;/h3-8,15-16H,9-14H2,1-2H3,(H,28,34)(H,29,33)(H,30,31);1H. The van der Waals surface area contributed by atoms with E-state index in [9.17, 15) is 9.59 Å². The van der Waals surface area contributed by atoms with E-state index in [1.807, 2.05) is 49.4 Å². The maximum Gasteiger partial charge on any atom is 0.272 e. The van der Waals surface area contributed by atoms with Crippen molar-refractivity contribution in [2.45, 2.75) is 13.8 Å². The van der Waals surface area contributed by atoms with E-state index in [0.717, 1.165) is 54.9 Å². The molecule has 0 unspecified atom stereocenters. The number of halogens is 1. The van der Waals surface area contributed by atoms with Crippen molar-refractivity contribution in [2.24, 2.45) is 0 Å². The number of benzene rings is 2. The number of fused-ring (bicyclic) bond motifs is 1. The number of furan rings is 1. The number of rotatable bonds is 7.